The van der Waals surface area contributed by atoms with E-state index >= 15 is 0 Å². The summed E-state index contributed by atoms with van der Waals surface area (Å²) in [5, 5.41) is 1.02. The van der Waals surface area contributed by atoms with Crippen molar-refractivity contribution in [1.29, 1.82) is 0 Å². The maximum absolute atomic E-state index is 11.2. The quantitative estimate of drug-likeness (QED) is 0.515. The third-order valence-electron chi connectivity index (χ3n) is 3.69. The van der Waals surface area contributed by atoms with E-state index in [0.29, 0.717) is 0 Å². The third-order valence-corrected chi connectivity index (χ3v) is 4.79. The molecule has 2 aromatic carbocycles. The first-order chi connectivity index (χ1) is 12.5. The van der Waals surface area contributed by atoms with Crippen molar-refractivity contribution in [2.45, 2.75) is 0 Å². The minimum Gasteiger partial charge on any atom is -0.449 e. The normalized spacial score (nSPS) is 10.5. The molecule has 0 aliphatic carbocycles. The van der Waals surface area contributed by atoms with Crippen molar-refractivity contribution in [3.8, 4) is 11.1 Å². The molecule has 2 amide bonds. The first kappa shape index (κ1) is 17.7. The number of fused-ring (bicyclic) bond motifs is 3. The van der Waals surface area contributed by atoms with Gasteiger partial charge in [-0.2, -0.15) is 0 Å². The molecule has 4 aromatic rings. The lowest BCUT2D eigenvalue weighted by atomic mass is 10.0. The molecule has 6 nitrogen and oxygen atoms in total. The molecule has 0 aliphatic heterocycles. The van der Waals surface area contributed by atoms with Crippen LogP contribution in [0.3, 0.4) is 0 Å². The minimum absolute atomic E-state index is 0.0556. The van der Waals surface area contributed by atoms with Crippen LogP contribution >= 0.6 is 11.3 Å². The first-order valence-electron chi connectivity index (χ1n) is 7.79. The summed E-state index contributed by atoms with van der Waals surface area (Å²) in [6.07, 6.45) is 0. The zero-order valence-electron chi connectivity index (χ0n) is 13.8. The number of furan rings is 1. The van der Waals surface area contributed by atoms with E-state index in [1.54, 1.807) is 17.4 Å². The van der Waals surface area contributed by atoms with Gasteiger partial charge in [-0.25, -0.2) is 0 Å². The number of hydrogen-bond donors (Lipinski definition) is 3. The van der Waals surface area contributed by atoms with Gasteiger partial charge in [0.05, 0.1) is 11.2 Å². The molecule has 0 spiro atoms. The highest BCUT2D eigenvalue weighted by atomic mass is 32.1. The van der Waals surface area contributed by atoms with Crippen LogP contribution in [0.4, 0.5) is 0 Å². The standard InChI is InChI=1S/C17H11NO2S.C2H6N2O/c18-17(19)13-9-15-16(20-13)12-8-11(6-7-14(12)21-15)10-4-2-1-3-5-10;3-1-2(4)5/h1-9H,(H2,18,19);1,3H2,(H2,4,5). The SMILES string of the molecule is NC(=O)c1cc2sc3ccc(-c4ccccc4)cc3c2o1.NCC(N)=O. The number of benzene rings is 2. The molecule has 26 heavy (non-hydrogen) atoms. The number of amides is 2. The largest absolute Gasteiger partial charge is 0.449 e. The summed E-state index contributed by atoms with van der Waals surface area (Å²) in [4.78, 5) is 20.7. The predicted octanol–water partition coefficient (Wildman–Crippen LogP) is 2.84. The predicted molar refractivity (Wildman–Crippen MR) is 104 cm³/mol. The van der Waals surface area contributed by atoms with Gasteiger partial charge in [0.15, 0.2) is 11.3 Å². The molecule has 2 aromatic heterocycles. The molecule has 0 atom stereocenters. The molecule has 0 fully saturated rings. The Morgan fingerprint density at radius 2 is 1.62 bits per heavy atom. The van der Waals surface area contributed by atoms with Gasteiger partial charge in [0, 0.05) is 16.2 Å². The fourth-order valence-corrected chi connectivity index (χ4v) is 3.53. The molecule has 2 heterocycles. The van der Waals surface area contributed by atoms with Gasteiger partial charge in [0.1, 0.15) is 0 Å². The van der Waals surface area contributed by atoms with Crippen molar-refractivity contribution in [2.24, 2.45) is 17.2 Å². The molecule has 0 bridgehead atoms. The molecule has 0 saturated heterocycles. The molecular formula is C19H17N3O3S. The summed E-state index contributed by atoms with van der Waals surface area (Å²) in [6.45, 7) is -0.0556. The Balaban J connectivity index is 0.000000349. The summed E-state index contributed by atoms with van der Waals surface area (Å²) >= 11 is 1.60. The minimum atomic E-state index is -0.536. The fourth-order valence-electron chi connectivity index (χ4n) is 2.48. The Hall–Kier alpha value is -3.16. The van der Waals surface area contributed by atoms with E-state index in [4.69, 9.17) is 15.9 Å². The molecule has 0 radical (unpaired) electrons. The van der Waals surface area contributed by atoms with E-state index in [-0.39, 0.29) is 12.3 Å². The van der Waals surface area contributed by atoms with Gasteiger partial charge in [-0.15, -0.1) is 11.3 Å². The van der Waals surface area contributed by atoms with Gasteiger partial charge in [-0.3, -0.25) is 9.59 Å². The number of thiophene rings is 1. The zero-order valence-corrected chi connectivity index (χ0v) is 14.6. The smallest absolute Gasteiger partial charge is 0.284 e. The van der Waals surface area contributed by atoms with Crippen LogP contribution in [0.25, 0.3) is 31.5 Å². The second-order valence-corrected chi connectivity index (χ2v) is 6.60. The molecule has 6 N–H and O–H groups in total. The van der Waals surface area contributed by atoms with Crippen LogP contribution in [-0.2, 0) is 4.79 Å². The second-order valence-electron chi connectivity index (χ2n) is 5.52. The highest BCUT2D eigenvalue weighted by molar-refractivity contribution is 7.25. The summed E-state index contributed by atoms with van der Waals surface area (Å²) in [5.41, 5.74) is 17.5. The first-order valence-corrected chi connectivity index (χ1v) is 8.61. The summed E-state index contributed by atoms with van der Waals surface area (Å²) in [6, 6.07) is 18.2. The van der Waals surface area contributed by atoms with Gasteiger partial charge >= 0.3 is 0 Å². The molecular weight excluding hydrogens is 350 g/mol. The molecule has 0 aliphatic rings. The average Bonchev–Trinajstić information content (AvgIpc) is 3.20. The van der Waals surface area contributed by atoms with Crippen molar-refractivity contribution in [3.63, 3.8) is 0 Å². The van der Waals surface area contributed by atoms with E-state index in [0.717, 1.165) is 31.5 Å². The van der Waals surface area contributed by atoms with Crippen LogP contribution in [0.15, 0.2) is 59.0 Å². The second kappa shape index (κ2) is 7.38. The van der Waals surface area contributed by atoms with E-state index in [2.05, 4.69) is 36.1 Å². The van der Waals surface area contributed by atoms with Crippen molar-refractivity contribution < 1.29 is 14.0 Å². The van der Waals surface area contributed by atoms with Gasteiger partial charge in [-0.1, -0.05) is 36.4 Å². The topological polar surface area (TPSA) is 125 Å². The molecule has 4 rings (SSSR count). The van der Waals surface area contributed by atoms with Crippen molar-refractivity contribution in [2.75, 3.05) is 6.54 Å². The Kier molecular flexibility index (Phi) is 5.01. The summed E-state index contributed by atoms with van der Waals surface area (Å²) in [5.74, 6) is -0.793. The van der Waals surface area contributed by atoms with Crippen LogP contribution in [-0.4, -0.2) is 18.4 Å². The number of hydrogen-bond acceptors (Lipinski definition) is 5. The monoisotopic (exact) mass is 367 g/mol. The van der Waals surface area contributed by atoms with Crippen LogP contribution in [0.5, 0.6) is 0 Å². The van der Waals surface area contributed by atoms with Gasteiger partial charge in [0.25, 0.3) is 5.91 Å². The lowest BCUT2D eigenvalue weighted by molar-refractivity contribution is -0.116. The number of carbonyl (C=O) groups excluding carboxylic acids is 2. The van der Waals surface area contributed by atoms with Gasteiger partial charge in [-0.05, 0) is 23.3 Å². The number of primary amides is 2. The maximum atomic E-state index is 11.2. The molecule has 132 valence electrons. The Morgan fingerprint density at radius 1 is 0.923 bits per heavy atom. The van der Waals surface area contributed by atoms with Gasteiger partial charge < -0.3 is 21.6 Å². The van der Waals surface area contributed by atoms with Crippen LogP contribution in [0, 0.1) is 0 Å². The Bertz CT molecular complexity index is 1080. The van der Waals surface area contributed by atoms with E-state index in [1.165, 1.54) is 0 Å². The number of nitrogens with two attached hydrogens (primary N) is 3. The maximum Gasteiger partial charge on any atom is 0.284 e. The number of rotatable bonds is 3. The van der Waals surface area contributed by atoms with E-state index in [9.17, 15) is 9.59 Å². The number of carbonyl (C=O) groups is 2. The van der Waals surface area contributed by atoms with Crippen molar-refractivity contribution in [3.05, 3.63) is 60.4 Å². The van der Waals surface area contributed by atoms with Crippen molar-refractivity contribution >= 4 is 43.5 Å². The van der Waals surface area contributed by atoms with Crippen LogP contribution < -0.4 is 17.2 Å². The summed E-state index contributed by atoms with van der Waals surface area (Å²) in [7, 11) is 0. The third kappa shape index (κ3) is 3.58. The van der Waals surface area contributed by atoms with Crippen molar-refractivity contribution in [1.82, 2.24) is 0 Å². The van der Waals surface area contributed by atoms with E-state index in [1.807, 2.05) is 18.2 Å². The average molecular weight is 367 g/mol. The Labute approximate surface area is 153 Å². The van der Waals surface area contributed by atoms with Gasteiger partial charge in [0.2, 0.25) is 5.91 Å². The summed E-state index contributed by atoms with van der Waals surface area (Å²) < 4.78 is 7.70. The fraction of sp³-hybridized carbons (Fsp3) is 0.0526. The molecule has 7 heteroatoms. The highest BCUT2D eigenvalue weighted by Gasteiger charge is 2.14. The zero-order chi connectivity index (χ0) is 18.7. The Morgan fingerprint density at radius 3 is 2.23 bits per heavy atom. The molecule has 0 unspecified atom stereocenters. The van der Waals surface area contributed by atoms with Crippen LogP contribution in [0.2, 0.25) is 0 Å². The lowest BCUT2D eigenvalue weighted by Gasteiger charge is -2.01. The van der Waals surface area contributed by atoms with E-state index < -0.39 is 11.8 Å². The highest BCUT2D eigenvalue weighted by Crippen LogP contribution is 2.38. The van der Waals surface area contributed by atoms with Crippen LogP contribution in [0.1, 0.15) is 10.6 Å². The lowest BCUT2D eigenvalue weighted by Crippen LogP contribution is -2.21. The molecule has 0 saturated carbocycles.